The number of para-hydroxylation sites is 1. The van der Waals surface area contributed by atoms with Crippen LogP contribution in [0.25, 0.3) is 0 Å². The van der Waals surface area contributed by atoms with E-state index < -0.39 is 6.10 Å². The van der Waals surface area contributed by atoms with E-state index in [9.17, 15) is 5.11 Å². The third-order valence-electron chi connectivity index (χ3n) is 4.34. The van der Waals surface area contributed by atoms with Crippen LogP contribution in [0.5, 0.6) is 5.75 Å². The van der Waals surface area contributed by atoms with Crippen molar-refractivity contribution in [3.05, 3.63) is 54.1 Å². The topological polar surface area (TPSA) is 61.7 Å². The lowest BCUT2D eigenvalue weighted by Gasteiger charge is -2.35. The van der Waals surface area contributed by atoms with E-state index in [-0.39, 0.29) is 0 Å². The summed E-state index contributed by atoms with van der Waals surface area (Å²) >= 11 is 0. The summed E-state index contributed by atoms with van der Waals surface area (Å²) in [6.07, 6.45) is 3.19. The van der Waals surface area contributed by atoms with Gasteiger partial charge in [-0.1, -0.05) is 18.2 Å². The summed E-state index contributed by atoms with van der Waals surface area (Å²) in [6.45, 7) is 7.59. The minimum Gasteiger partial charge on any atom is -0.491 e. The lowest BCUT2D eigenvalue weighted by atomic mass is 10.2. The minimum absolute atomic E-state index is 0.323. The summed E-state index contributed by atoms with van der Waals surface area (Å²) in [7, 11) is 0. The number of benzene rings is 1. The maximum Gasteiger partial charge on any atom is 0.119 e. The van der Waals surface area contributed by atoms with Gasteiger partial charge in [-0.05, 0) is 19.1 Å². The smallest absolute Gasteiger partial charge is 0.119 e. The van der Waals surface area contributed by atoms with Crippen molar-refractivity contribution in [3.8, 4) is 5.75 Å². The molecule has 1 aliphatic heterocycles. The van der Waals surface area contributed by atoms with Crippen molar-refractivity contribution in [2.75, 3.05) is 39.3 Å². The first-order chi connectivity index (χ1) is 12.2. The van der Waals surface area contributed by atoms with Gasteiger partial charge in [0.1, 0.15) is 18.5 Å². The van der Waals surface area contributed by atoms with E-state index in [2.05, 4.69) is 19.8 Å². The molecular weight excluding hydrogens is 316 g/mol. The fraction of sp³-hybridized carbons (Fsp3) is 0.474. The van der Waals surface area contributed by atoms with Gasteiger partial charge in [0, 0.05) is 51.7 Å². The number of β-amino-alcohol motifs (C(OH)–C–C–N with tert-alkyl or cyclic N) is 1. The predicted octanol–water partition coefficient (Wildman–Crippen LogP) is 1.34. The number of aromatic nitrogens is 2. The van der Waals surface area contributed by atoms with Gasteiger partial charge in [-0.3, -0.25) is 19.8 Å². The van der Waals surface area contributed by atoms with E-state index in [0.717, 1.165) is 49.9 Å². The first-order valence-corrected chi connectivity index (χ1v) is 8.77. The summed E-state index contributed by atoms with van der Waals surface area (Å²) in [4.78, 5) is 13.4. The number of hydrogen-bond donors (Lipinski definition) is 1. The summed E-state index contributed by atoms with van der Waals surface area (Å²) in [6, 6.07) is 9.61. The number of aryl methyl sites for hydroxylation is 1. The average molecular weight is 342 g/mol. The SMILES string of the molecule is Cc1cnc(CN2CCN(CC(O)COc3ccccc3)CC2)cn1. The van der Waals surface area contributed by atoms with Crippen LogP contribution in [0.15, 0.2) is 42.7 Å². The molecule has 0 amide bonds. The van der Waals surface area contributed by atoms with Crippen molar-refractivity contribution in [1.29, 1.82) is 0 Å². The van der Waals surface area contributed by atoms with Crippen molar-refractivity contribution in [1.82, 2.24) is 19.8 Å². The number of rotatable bonds is 7. The van der Waals surface area contributed by atoms with Crippen LogP contribution in [-0.2, 0) is 6.54 Å². The first kappa shape index (κ1) is 17.8. The van der Waals surface area contributed by atoms with Crippen molar-refractivity contribution in [2.45, 2.75) is 19.6 Å². The van der Waals surface area contributed by atoms with E-state index in [4.69, 9.17) is 4.74 Å². The lowest BCUT2D eigenvalue weighted by molar-refractivity contribution is 0.0444. The molecule has 1 fully saturated rings. The number of aliphatic hydroxyl groups is 1. The van der Waals surface area contributed by atoms with E-state index in [1.165, 1.54) is 0 Å². The van der Waals surface area contributed by atoms with Crippen LogP contribution in [0.3, 0.4) is 0 Å². The minimum atomic E-state index is -0.477. The van der Waals surface area contributed by atoms with Crippen LogP contribution >= 0.6 is 0 Å². The highest BCUT2D eigenvalue weighted by molar-refractivity contribution is 5.20. The quantitative estimate of drug-likeness (QED) is 0.819. The molecule has 6 heteroatoms. The second-order valence-corrected chi connectivity index (χ2v) is 6.50. The fourth-order valence-electron chi connectivity index (χ4n) is 2.92. The van der Waals surface area contributed by atoms with Crippen molar-refractivity contribution in [3.63, 3.8) is 0 Å². The second kappa shape index (κ2) is 8.89. The molecule has 1 unspecified atom stereocenters. The molecule has 0 radical (unpaired) electrons. The molecule has 0 aliphatic carbocycles. The largest absolute Gasteiger partial charge is 0.491 e. The average Bonchev–Trinajstić information content (AvgIpc) is 2.64. The van der Waals surface area contributed by atoms with Gasteiger partial charge in [0.15, 0.2) is 0 Å². The molecule has 2 aromatic rings. The lowest BCUT2D eigenvalue weighted by Crippen LogP contribution is -2.48. The Labute approximate surface area is 149 Å². The highest BCUT2D eigenvalue weighted by Gasteiger charge is 2.20. The molecule has 1 aliphatic rings. The molecular formula is C19H26N4O2. The van der Waals surface area contributed by atoms with Crippen LogP contribution in [0.1, 0.15) is 11.4 Å². The molecule has 1 atom stereocenters. The number of ether oxygens (including phenoxy) is 1. The molecule has 1 aromatic heterocycles. The van der Waals surface area contributed by atoms with E-state index in [1.54, 1.807) is 0 Å². The Morgan fingerprint density at radius 3 is 2.44 bits per heavy atom. The molecule has 0 bridgehead atoms. The van der Waals surface area contributed by atoms with Crippen LogP contribution in [0, 0.1) is 6.92 Å². The van der Waals surface area contributed by atoms with Gasteiger partial charge < -0.3 is 9.84 Å². The monoisotopic (exact) mass is 342 g/mol. The standard InChI is InChI=1S/C19H26N4O2/c1-16-11-21-17(12-20-16)13-22-7-9-23(10-8-22)14-18(24)15-25-19-5-3-2-4-6-19/h2-6,11-12,18,24H,7-10,13-15H2,1H3. The molecule has 1 saturated heterocycles. The summed E-state index contributed by atoms with van der Waals surface area (Å²) in [5.74, 6) is 0.797. The normalized spacial score (nSPS) is 17.4. The van der Waals surface area contributed by atoms with E-state index in [1.807, 2.05) is 49.6 Å². The molecule has 2 heterocycles. The molecule has 1 N–H and O–H groups in total. The van der Waals surface area contributed by atoms with Crippen LogP contribution in [0.4, 0.5) is 0 Å². The Morgan fingerprint density at radius 1 is 1.04 bits per heavy atom. The molecule has 3 rings (SSSR count). The van der Waals surface area contributed by atoms with Crippen molar-refractivity contribution in [2.24, 2.45) is 0 Å². The van der Waals surface area contributed by atoms with Crippen LogP contribution in [-0.4, -0.2) is 70.3 Å². The van der Waals surface area contributed by atoms with E-state index >= 15 is 0 Å². The maximum absolute atomic E-state index is 10.2. The van der Waals surface area contributed by atoms with Gasteiger partial charge in [0.05, 0.1) is 11.4 Å². The van der Waals surface area contributed by atoms with Gasteiger partial charge in [-0.2, -0.15) is 0 Å². The zero-order valence-electron chi connectivity index (χ0n) is 14.7. The zero-order chi connectivity index (χ0) is 17.5. The molecule has 25 heavy (non-hydrogen) atoms. The zero-order valence-corrected chi connectivity index (χ0v) is 14.7. The summed E-state index contributed by atoms with van der Waals surface area (Å²) < 4.78 is 5.62. The Bertz CT molecular complexity index is 628. The van der Waals surface area contributed by atoms with Gasteiger partial charge in [-0.15, -0.1) is 0 Å². The second-order valence-electron chi connectivity index (χ2n) is 6.50. The number of nitrogens with zero attached hydrogens (tertiary/aromatic N) is 4. The molecule has 0 saturated carbocycles. The Morgan fingerprint density at radius 2 is 1.76 bits per heavy atom. The third kappa shape index (κ3) is 5.77. The number of aliphatic hydroxyl groups excluding tert-OH is 1. The maximum atomic E-state index is 10.2. The Hall–Kier alpha value is -2.02. The van der Waals surface area contributed by atoms with Crippen molar-refractivity contribution < 1.29 is 9.84 Å². The molecule has 134 valence electrons. The van der Waals surface area contributed by atoms with Gasteiger partial charge >= 0.3 is 0 Å². The molecule has 6 nitrogen and oxygen atoms in total. The van der Waals surface area contributed by atoms with Gasteiger partial charge in [0.2, 0.25) is 0 Å². The van der Waals surface area contributed by atoms with Crippen LogP contribution < -0.4 is 4.74 Å². The third-order valence-corrected chi connectivity index (χ3v) is 4.34. The highest BCUT2D eigenvalue weighted by Crippen LogP contribution is 2.10. The van der Waals surface area contributed by atoms with Gasteiger partial charge in [-0.25, -0.2) is 0 Å². The Kier molecular flexibility index (Phi) is 6.33. The summed E-state index contributed by atoms with van der Waals surface area (Å²) in [5.41, 5.74) is 1.95. The van der Waals surface area contributed by atoms with Crippen molar-refractivity contribution >= 4 is 0 Å². The highest BCUT2D eigenvalue weighted by atomic mass is 16.5. The molecule has 1 aromatic carbocycles. The predicted molar refractivity (Wildman–Crippen MR) is 96.4 cm³/mol. The van der Waals surface area contributed by atoms with E-state index in [0.29, 0.717) is 13.2 Å². The summed E-state index contributed by atoms with van der Waals surface area (Å²) in [5, 5.41) is 10.2. The Balaban J connectivity index is 1.36. The molecule has 0 spiro atoms. The number of hydrogen-bond acceptors (Lipinski definition) is 6. The number of piperazine rings is 1. The van der Waals surface area contributed by atoms with Gasteiger partial charge in [0.25, 0.3) is 0 Å². The first-order valence-electron chi connectivity index (χ1n) is 8.77. The van der Waals surface area contributed by atoms with Crippen LogP contribution in [0.2, 0.25) is 0 Å². The fourth-order valence-corrected chi connectivity index (χ4v) is 2.92.